The first kappa shape index (κ1) is 11.3. The van der Waals surface area contributed by atoms with Gasteiger partial charge in [-0.3, -0.25) is 4.90 Å². The number of hydrogen-bond donors (Lipinski definition) is 1. The third-order valence-corrected chi connectivity index (χ3v) is 2.45. The molecule has 5 heteroatoms. The minimum Gasteiger partial charge on any atom is -0.379 e. The monoisotopic (exact) mass is 201 g/mol. The molecule has 2 N–H and O–H groups in total. The summed E-state index contributed by atoms with van der Waals surface area (Å²) >= 11 is 0. The molecule has 0 spiro atoms. The van der Waals surface area contributed by atoms with Crippen molar-refractivity contribution in [1.82, 2.24) is 9.80 Å². The normalized spacial score (nSPS) is 18.1. The molecule has 1 heterocycles. The lowest BCUT2D eigenvalue weighted by atomic mass is 10.3. The zero-order valence-corrected chi connectivity index (χ0v) is 8.74. The average molecular weight is 201 g/mol. The summed E-state index contributed by atoms with van der Waals surface area (Å²) in [7, 11) is 1.72. The molecule has 1 saturated heterocycles. The molecule has 1 rings (SSSR count). The average Bonchev–Trinajstić information content (AvgIpc) is 2.19. The molecule has 0 aromatic heterocycles. The second kappa shape index (κ2) is 5.82. The standard InChI is InChI=1S/C9H19N3O2/c1-11(9(10)13)3-2-4-12-5-7-14-8-6-12/h2-8H2,1H3,(H2,10,13). The maximum absolute atomic E-state index is 10.7. The van der Waals surface area contributed by atoms with Crippen molar-refractivity contribution < 1.29 is 9.53 Å². The quantitative estimate of drug-likeness (QED) is 0.680. The number of carbonyl (C=O) groups excluding carboxylic acids is 1. The minimum atomic E-state index is -0.355. The van der Waals surface area contributed by atoms with E-state index in [1.54, 1.807) is 11.9 Å². The second-order valence-corrected chi connectivity index (χ2v) is 3.57. The largest absolute Gasteiger partial charge is 0.379 e. The van der Waals surface area contributed by atoms with Crippen molar-refractivity contribution >= 4 is 6.03 Å². The minimum absolute atomic E-state index is 0.355. The molecule has 5 nitrogen and oxygen atoms in total. The number of ether oxygens (including phenoxy) is 1. The van der Waals surface area contributed by atoms with Crippen molar-refractivity contribution in [2.24, 2.45) is 5.73 Å². The van der Waals surface area contributed by atoms with Gasteiger partial charge < -0.3 is 15.4 Å². The van der Waals surface area contributed by atoms with Crippen LogP contribution in [0.3, 0.4) is 0 Å². The van der Waals surface area contributed by atoms with E-state index in [0.29, 0.717) is 0 Å². The number of nitrogens with two attached hydrogens (primary N) is 1. The van der Waals surface area contributed by atoms with Crippen LogP contribution >= 0.6 is 0 Å². The number of urea groups is 1. The molecule has 0 atom stereocenters. The second-order valence-electron chi connectivity index (χ2n) is 3.57. The van der Waals surface area contributed by atoms with E-state index < -0.39 is 0 Å². The van der Waals surface area contributed by atoms with Crippen LogP contribution in [-0.4, -0.2) is 62.3 Å². The molecule has 0 bridgehead atoms. The molecule has 0 aliphatic carbocycles. The smallest absolute Gasteiger partial charge is 0.314 e. The van der Waals surface area contributed by atoms with Gasteiger partial charge in [-0.1, -0.05) is 0 Å². The Bertz CT molecular complexity index is 181. The van der Waals surface area contributed by atoms with Crippen LogP contribution in [0.15, 0.2) is 0 Å². The third kappa shape index (κ3) is 3.93. The van der Waals surface area contributed by atoms with Crippen LogP contribution in [0.5, 0.6) is 0 Å². The summed E-state index contributed by atoms with van der Waals surface area (Å²) in [5.41, 5.74) is 5.11. The molecule has 1 aliphatic rings. The van der Waals surface area contributed by atoms with Crippen LogP contribution in [0.25, 0.3) is 0 Å². The molecule has 0 saturated carbocycles. The Labute approximate surface area is 84.8 Å². The lowest BCUT2D eigenvalue weighted by Gasteiger charge is -2.27. The highest BCUT2D eigenvalue weighted by Gasteiger charge is 2.10. The van der Waals surface area contributed by atoms with Crippen molar-refractivity contribution in [3.8, 4) is 0 Å². The van der Waals surface area contributed by atoms with Crippen molar-refractivity contribution in [2.45, 2.75) is 6.42 Å². The Morgan fingerprint density at radius 3 is 2.71 bits per heavy atom. The van der Waals surface area contributed by atoms with Crippen LogP contribution < -0.4 is 5.73 Å². The van der Waals surface area contributed by atoms with Crippen LogP contribution in [0.1, 0.15) is 6.42 Å². The molecule has 1 fully saturated rings. The summed E-state index contributed by atoms with van der Waals surface area (Å²) in [6.07, 6.45) is 0.972. The Kier molecular flexibility index (Phi) is 4.69. The van der Waals surface area contributed by atoms with Crippen LogP contribution in [0, 0.1) is 0 Å². The number of primary amides is 1. The molecule has 14 heavy (non-hydrogen) atoms. The first-order chi connectivity index (χ1) is 6.70. The van der Waals surface area contributed by atoms with Crippen LogP contribution in [0.4, 0.5) is 4.79 Å². The van der Waals surface area contributed by atoms with E-state index in [-0.39, 0.29) is 6.03 Å². The lowest BCUT2D eigenvalue weighted by molar-refractivity contribution is 0.0367. The van der Waals surface area contributed by atoms with E-state index in [9.17, 15) is 4.79 Å². The van der Waals surface area contributed by atoms with E-state index in [0.717, 1.165) is 45.8 Å². The molecule has 82 valence electrons. The van der Waals surface area contributed by atoms with Crippen molar-refractivity contribution in [3.63, 3.8) is 0 Å². The lowest BCUT2D eigenvalue weighted by Crippen LogP contribution is -2.39. The number of hydrogen-bond acceptors (Lipinski definition) is 3. The van der Waals surface area contributed by atoms with Gasteiger partial charge in [-0.2, -0.15) is 0 Å². The first-order valence-electron chi connectivity index (χ1n) is 5.01. The third-order valence-electron chi connectivity index (χ3n) is 2.45. The van der Waals surface area contributed by atoms with Crippen molar-refractivity contribution in [1.29, 1.82) is 0 Å². The summed E-state index contributed by atoms with van der Waals surface area (Å²) < 4.78 is 5.24. The summed E-state index contributed by atoms with van der Waals surface area (Å²) in [5.74, 6) is 0. The maximum atomic E-state index is 10.7. The van der Waals surface area contributed by atoms with E-state index in [4.69, 9.17) is 10.5 Å². The molecule has 0 radical (unpaired) electrons. The Morgan fingerprint density at radius 2 is 2.14 bits per heavy atom. The SMILES string of the molecule is CN(CCCN1CCOCC1)C(N)=O. The summed E-state index contributed by atoms with van der Waals surface area (Å²) in [5, 5.41) is 0. The molecule has 1 aliphatic heterocycles. The van der Waals surface area contributed by atoms with Crippen molar-refractivity contribution in [3.05, 3.63) is 0 Å². The van der Waals surface area contributed by atoms with Gasteiger partial charge in [-0.15, -0.1) is 0 Å². The van der Waals surface area contributed by atoms with E-state index >= 15 is 0 Å². The van der Waals surface area contributed by atoms with Crippen molar-refractivity contribution in [2.75, 3.05) is 46.4 Å². The highest BCUT2D eigenvalue weighted by Crippen LogP contribution is 1.98. The molecule has 0 unspecified atom stereocenters. The van der Waals surface area contributed by atoms with E-state index in [1.807, 2.05) is 0 Å². The van der Waals surface area contributed by atoms with Gasteiger partial charge in [0.15, 0.2) is 0 Å². The van der Waals surface area contributed by atoms with Gasteiger partial charge in [-0.05, 0) is 6.42 Å². The van der Waals surface area contributed by atoms with Gasteiger partial charge in [0.2, 0.25) is 0 Å². The van der Waals surface area contributed by atoms with Gasteiger partial charge in [0, 0.05) is 33.2 Å². The summed E-state index contributed by atoms with van der Waals surface area (Å²) in [6.45, 7) is 5.39. The fraction of sp³-hybridized carbons (Fsp3) is 0.889. The van der Waals surface area contributed by atoms with Gasteiger partial charge in [0.25, 0.3) is 0 Å². The maximum Gasteiger partial charge on any atom is 0.314 e. The highest BCUT2D eigenvalue weighted by molar-refractivity contribution is 5.71. The summed E-state index contributed by atoms with van der Waals surface area (Å²) in [6, 6.07) is -0.355. The topological polar surface area (TPSA) is 58.8 Å². The van der Waals surface area contributed by atoms with Gasteiger partial charge in [0.1, 0.15) is 0 Å². The molecule has 2 amide bonds. The Morgan fingerprint density at radius 1 is 1.50 bits per heavy atom. The summed E-state index contributed by atoms with van der Waals surface area (Å²) in [4.78, 5) is 14.6. The molecular weight excluding hydrogens is 182 g/mol. The fourth-order valence-corrected chi connectivity index (χ4v) is 1.47. The number of nitrogens with zero attached hydrogens (tertiary/aromatic N) is 2. The number of rotatable bonds is 4. The molecular formula is C9H19N3O2. The Hall–Kier alpha value is -0.810. The van der Waals surface area contributed by atoms with Gasteiger partial charge in [0.05, 0.1) is 13.2 Å². The van der Waals surface area contributed by atoms with Crippen LogP contribution in [0.2, 0.25) is 0 Å². The number of carbonyl (C=O) groups is 1. The Balaban J connectivity index is 2.05. The zero-order chi connectivity index (χ0) is 10.4. The van der Waals surface area contributed by atoms with Gasteiger partial charge in [-0.25, -0.2) is 4.79 Å². The van der Waals surface area contributed by atoms with E-state index in [1.165, 1.54) is 0 Å². The predicted octanol–water partition coefficient (Wildman–Crippen LogP) is -0.281. The molecule has 0 aromatic rings. The highest BCUT2D eigenvalue weighted by atomic mass is 16.5. The zero-order valence-electron chi connectivity index (χ0n) is 8.74. The predicted molar refractivity (Wildman–Crippen MR) is 54.1 cm³/mol. The number of morpholine rings is 1. The molecule has 0 aromatic carbocycles. The van der Waals surface area contributed by atoms with Gasteiger partial charge >= 0.3 is 6.03 Å². The first-order valence-corrected chi connectivity index (χ1v) is 5.01. The van der Waals surface area contributed by atoms with Crippen LogP contribution in [-0.2, 0) is 4.74 Å². The van der Waals surface area contributed by atoms with E-state index in [2.05, 4.69) is 4.90 Å². The number of amides is 2. The fourth-order valence-electron chi connectivity index (χ4n) is 1.47.